The normalized spacial score (nSPS) is 15.9. The van der Waals surface area contributed by atoms with Gasteiger partial charge in [-0.05, 0) is 29.8 Å². The first-order valence-corrected chi connectivity index (χ1v) is 10.1. The molecular formula is C21H23N3O3S. The predicted molar refractivity (Wildman–Crippen MR) is 112 cm³/mol. The van der Waals surface area contributed by atoms with E-state index < -0.39 is 0 Å². The summed E-state index contributed by atoms with van der Waals surface area (Å²) in [6.07, 6.45) is 0.667. The Balaban J connectivity index is 1.98. The fourth-order valence-electron chi connectivity index (χ4n) is 2.84. The molecule has 0 saturated carbocycles. The molecule has 0 N–H and O–H groups in total. The average molecular weight is 398 g/mol. The van der Waals surface area contributed by atoms with Gasteiger partial charge in [0, 0.05) is 12.8 Å². The van der Waals surface area contributed by atoms with E-state index in [4.69, 9.17) is 4.74 Å². The molecule has 7 heteroatoms. The van der Waals surface area contributed by atoms with Gasteiger partial charge in [-0.1, -0.05) is 55.9 Å². The number of para-hydroxylation sites is 1. The Morgan fingerprint density at radius 3 is 2.32 bits per heavy atom. The first kappa shape index (κ1) is 19.9. The zero-order valence-electron chi connectivity index (χ0n) is 16.2. The molecule has 1 atom stereocenters. The van der Waals surface area contributed by atoms with Gasteiger partial charge < -0.3 is 4.74 Å². The average Bonchev–Trinajstić information content (AvgIpc) is 3.18. The number of carbonyl (C=O) groups excluding carboxylic acids is 2. The summed E-state index contributed by atoms with van der Waals surface area (Å²) in [4.78, 5) is 26.8. The van der Waals surface area contributed by atoms with Gasteiger partial charge in [-0.15, -0.1) is 5.10 Å². The second-order valence-corrected chi connectivity index (χ2v) is 7.18. The van der Waals surface area contributed by atoms with Gasteiger partial charge >= 0.3 is 0 Å². The van der Waals surface area contributed by atoms with Crippen molar-refractivity contribution in [1.82, 2.24) is 5.01 Å². The summed E-state index contributed by atoms with van der Waals surface area (Å²) < 4.78 is 5.22. The molecule has 0 aliphatic carbocycles. The summed E-state index contributed by atoms with van der Waals surface area (Å²) in [7, 11) is 1.61. The molecule has 3 rings (SSSR count). The molecule has 146 valence electrons. The molecule has 1 aliphatic rings. The Hall–Kier alpha value is -2.80. The van der Waals surface area contributed by atoms with Crippen molar-refractivity contribution >= 4 is 34.4 Å². The van der Waals surface area contributed by atoms with Gasteiger partial charge in [0.15, 0.2) is 5.17 Å². The van der Waals surface area contributed by atoms with Crippen molar-refractivity contribution in [2.75, 3.05) is 12.0 Å². The van der Waals surface area contributed by atoms with Crippen LogP contribution in [-0.4, -0.2) is 29.1 Å². The van der Waals surface area contributed by atoms with Crippen LogP contribution in [0.15, 0.2) is 59.7 Å². The van der Waals surface area contributed by atoms with Gasteiger partial charge in [0.2, 0.25) is 11.8 Å². The van der Waals surface area contributed by atoms with Crippen LogP contribution in [0, 0.1) is 0 Å². The smallest absolute Gasteiger partial charge is 0.243 e. The standard InChI is InChI=1S/C21H23N3O3S/c1-4-18(25)23(16-9-7-6-8-10-16)21-22-24(19(26)5-2)20(28-21)15-11-13-17(27-3)14-12-15/h6-14,20H,4-5H2,1-3H3/t20-/m1/s1. The maximum absolute atomic E-state index is 12.7. The molecule has 0 unspecified atom stereocenters. The Kier molecular flexibility index (Phi) is 6.36. The Morgan fingerprint density at radius 1 is 1.07 bits per heavy atom. The highest BCUT2D eigenvalue weighted by Crippen LogP contribution is 2.42. The topological polar surface area (TPSA) is 62.2 Å². The fourth-order valence-corrected chi connectivity index (χ4v) is 4.04. The summed E-state index contributed by atoms with van der Waals surface area (Å²) >= 11 is 1.40. The molecule has 0 aromatic heterocycles. The molecule has 6 nitrogen and oxygen atoms in total. The van der Waals surface area contributed by atoms with Crippen molar-refractivity contribution in [1.29, 1.82) is 0 Å². The first-order valence-electron chi connectivity index (χ1n) is 9.18. The number of rotatable bonds is 5. The number of methoxy groups -OCH3 is 1. The van der Waals surface area contributed by atoms with E-state index in [0.29, 0.717) is 18.0 Å². The van der Waals surface area contributed by atoms with Crippen LogP contribution in [-0.2, 0) is 9.59 Å². The lowest BCUT2D eigenvalue weighted by Crippen LogP contribution is -2.34. The summed E-state index contributed by atoms with van der Waals surface area (Å²) in [5, 5.41) is 6.19. The van der Waals surface area contributed by atoms with Crippen molar-refractivity contribution in [2.45, 2.75) is 32.1 Å². The molecule has 1 heterocycles. The number of hydrogen-bond donors (Lipinski definition) is 0. The molecular weight excluding hydrogens is 374 g/mol. The monoisotopic (exact) mass is 397 g/mol. The minimum absolute atomic E-state index is 0.0725. The number of hydrogen-bond acceptors (Lipinski definition) is 5. The molecule has 2 aromatic rings. The van der Waals surface area contributed by atoms with Crippen molar-refractivity contribution in [3.05, 3.63) is 60.2 Å². The zero-order chi connectivity index (χ0) is 20.1. The number of ether oxygens (including phenoxy) is 1. The minimum Gasteiger partial charge on any atom is -0.497 e. The quantitative estimate of drug-likeness (QED) is 0.750. The number of thioether (sulfide) groups is 1. The van der Waals surface area contributed by atoms with Crippen molar-refractivity contribution < 1.29 is 14.3 Å². The molecule has 0 spiro atoms. The van der Waals surface area contributed by atoms with Gasteiger partial charge in [0.05, 0.1) is 12.8 Å². The maximum Gasteiger partial charge on any atom is 0.243 e. The van der Waals surface area contributed by atoms with Crippen molar-refractivity contribution in [2.24, 2.45) is 5.10 Å². The maximum atomic E-state index is 12.7. The second-order valence-electron chi connectivity index (χ2n) is 6.14. The van der Waals surface area contributed by atoms with Crippen molar-refractivity contribution in [3.8, 4) is 5.75 Å². The van der Waals surface area contributed by atoms with E-state index in [9.17, 15) is 9.59 Å². The summed E-state index contributed by atoms with van der Waals surface area (Å²) in [6.45, 7) is 3.62. The molecule has 0 fully saturated rings. The third kappa shape index (κ3) is 4.04. The number of nitrogens with zero attached hydrogens (tertiary/aromatic N) is 3. The van der Waals surface area contributed by atoms with E-state index in [1.54, 1.807) is 18.9 Å². The molecule has 2 amide bonds. The van der Waals surface area contributed by atoms with Gasteiger partial charge in [0.1, 0.15) is 11.1 Å². The van der Waals surface area contributed by atoms with Gasteiger partial charge in [-0.25, -0.2) is 5.01 Å². The minimum atomic E-state index is -0.329. The third-order valence-corrected chi connectivity index (χ3v) is 5.52. The summed E-state index contributed by atoms with van der Waals surface area (Å²) in [6, 6.07) is 16.9. The number of hydrazone groups is 1. The number of benzene rings is 2. The second kappa shape index (κ2) is 8.93. The molecule has 0 saturated heterocycles. The third-order valence-electron chi connectivity index (χ3n) is 4.35. The zero-order valence-corrected chi connectivity index (χ0v) is 17.0. The van der Waals surface area contributed by atoms with E-state index in [-0.39, 0.29) is 17.2 Å². The van der Waals surface area contributed by atoms with Crippen LogP contribution in [0.4, 0.5) is 5.69 Å². The molecule has 2 aromatic carbocycles. The predicted octanol–water partition coefficient (Wildman–Crippen LogP) is 4.39. The SMILES string of the molecule is CCC(=O)N(C1=NN(C(=O)CC)[C@@H](c2ccc(OC)cc2)S1)c1ccccc1. The van der Waals surface area contributed by atoms with Crippen LogP contribution >= 0.6 is 11.8 Å². The Bertz CT molecular complexity index is 868. The lowest BCUT2D eigenvalue weighted by atomic mass is 10.2. The number of anilines is 1. The van der Waals surface area contributed by atoms with Gasteiger partial charge in [-0.3, -0.25) is 14.5 Å². The highest BCUT2D eigenvalue weighted by Gasteiger charge is 2.37. The van der Waals surface area contributed by atoms with E-state index in [0.717, 1.165) is 17.0 Å². The van der Waals surface area contributed by atoms with Crippen LogP contribution in [0.5, 0.6) is 5.75 Å². The van der Waals surface area contributed by atoms with E-state index in [1.807, 2.05) is 61.5 Å². The number of carbonyl (C=O) groups is 2. The summed E-state index contributed by atoms with van der Waals surface area (Å²) in [5.74, 6) is 0.574. The molecule has 28 heavy (non-hydrogen) atoms. The van der Waals surface area contributed by atoms with Crippen LogP contribution in [0.1, 0.15) is 37.6 Å². The van der Waals surface area contributed by atoms with E-state index in [2.05, 4.69) is 5.10 Å². The van der Waals surface area contributed by atoms with Gasteiger partial charge in [-0.2, -0.15) is 0 Å². The van der Waals surface area contributed by atoms with Crippen LogP contribution in [0.3, 0.4) is 0 Å². The highest BCUT2D eigenvalue weighted by molar-refractivity contribution is 8.14. The van der Waals surface area contributed by atoms with E-state index in [1.165, 1.54) is 16.8 Å². The van der Waals surface area contributed by atoms with Crippen molar-refractivity contribution in [3.63, 3.8) is 0 Å². The number of amides is 2. The molecule has 0 bridgehead atoms. The van der Waals surface area contributed by atoms with Crippen LogP contribution < -0.4 is 9.64 Å². The molecule has 1 aliphatic heterocycles. The lowest BCUT2D eigenvalue weighted by Gasteiger charge is -2.21. The Labute approximate surface area is 169 Å². The highest BCUT2D eigenvalue weighted by atomic mass is 32.2. The lowest BCUT2D eigenvalue weighted by molar-refractivity contribution is -0.131. The van der Waals surface area contributed by atoms with Crippen LogP contribution in [0.25, 0.3) is 0 Å². The van der Waals surface area contributed by atoms with Crippen LogP contribution in [0.2, 0.25) is 0 Å². The largest absolute Gasteiger partial charge is 0.497 e. The fraction of sp³-hybridized carbons (Fsp3) is 0.286. The van der Waals surface area contributed by atoms with E-state index >= 15 is 0 Å². The first-order chi connectivity index (χ1) is 13.6. The van der Waals surface area contributed by atoms with Gasteiger partial charge in [0.25, 0.3) is 0 Å². The molecule has 0 radical (unpaired) electrons. The Morgan fingerprint density at radius 2 is 1.75 bits per heavy atom. The number of amidine groups is 1. The summed E-state index contributed by atoms with van der Waals surface area (Å²) in [5.41, 5.74) is 1.66.